The average Bonchev–Trinajstić information content (AvgIpc) is 3.06. The molecule has 0 unspecified atom stereocenters. The van der Waals surface area contributed by atoms with E-state index < -0.39 is 0 Å². The van der Waals surface area contributed by atoms with Crippen LogP contribution in [0.5, 0.6) is 5.75 Å². The van der Waals surface area contributed by atoms with Crippen molar-refractivity contribution < 1.29 is 9.53 Å². The normalized spacial score (nSPS) is 12.6. The molecule has 0 aliphatic heterocycles. The molecule has 2 rings (SSSR count). The number of hydrogen-bond donors (Lipinski definition) is 3. The van der Waals surface area contributed by atoms with Gasteiger partial charge >= 0.3 is 6.03 Å². The second kappa shape index (κ2) is 8.79. The number of nitrogens with zero attached hydrogens (tertiary/aromatic N) is 2. The summed E-state index contributed by atoms with van der Waals surface area (Å²) in [5, 5.41) is 13.5. The molecule has 3 N–H and O–H groups in total. The van der Waals surface area contributed by atoms with Crippen molar-refractivity contribution in [3.8, 4) is 5.75 Å². The molecule has 0 bridgehead atoms. The van der Waals surface area contributed by atoms with Crippen molar-refractivity contribution >= 4 is 17.5 Å². The maximum Gasteiger partial charge on any atom is 0.320 e. The minimum absolute atomic E-state index is 0.0327. The van der Waals surface area contributed by atoms with E-state index in [4.69, 9.17) is 4.74 Å². The summed E-state index contributed by atoms with van der Waals surface area (Å²) < 4.78 is 7.05. The van der Waals surface area contributed by atoms with Crippen LogP contribution in [-0.2, 0) is 0 Å². The van der Waals surface area contributed by atoms with Gasteiger partial charge in [0.05, 0.1) is 13.3 Å². The van der Waals surface area contributed by atoms with Gasteiger partial charge in [-0.1, -0.05) is 26.8 Å². The largest absolute Gasteiger partial charge is 0.497 e. The Morgan fingerprint density at radius 2 is 2.00 bits per heavy atom. The predicted octanol–water partition coefficient (Wildman–Crippen LogP) is 4.12. The van der Waals surface area contributed by atoms with E-state index in [-0.39, 0.29) is 23.5 Å². The Hall–Kier alpha value is -2.70. The van der Waals surface area contributed by atoms with Crippen molar-refractivity contribution in [1.82, 2.24) is 15.1 Å². The van der Waals surface area contributed by atoms with E-state index in [1.54, 1.807) is 24.1 Å². The van der Waals surface area contributed by atoms with Crippen LogP contribution in [-0.4, -0.2) is 35.5 Å². The molecule has 0 aliphatic rings. The lowest BCUT2D eigenvalue weighted by atomic mass is 9.86. The monoisotopic (exact) mass is 373 g/mol. The van der Waals surface area contributed by atoms with Gasteiger partial charge in [0, 0.05) is 36.4 Å². The summed E-state index contributed by atoms with van der Waals surface area (Å²) in [7, 11) is 1.65. The van der Waals surface area contributed by atoms with Gasteiger partial charge in [-0.15, -0.1) is 0 Å². The molecule has 2 aromatic rings. The molecule has 0 radical (unpaired) electrons. The zero-order chi connectivity index (χ0) is 20.0. The van der Waals surface area contributed by atoms with Crippen molar-refractivity contribution in [2.75, 3.05) is 24.3 Å². The zero-order valence-electron chi connectivity index (χ0n) is 17.0. The van der Waals surface area contributed by atoms with Crippen LogP contribution >= 0.6 is 0 Å². The molecule has 7 heteroatoms. The van der Waals surface area contributed by atoms with E-state index in [0.29, 0.717) is 12.4 Å². The molecule has 0 saturated heterocycles. The van der Waals surface area contributed by atoms with Crippen molar-refractivity contribution in [2.45, 2.75) is 46.7 Å². The SMILES string of the molecule is COc1cccc(N[C@@H](CNC(=O)Nc2ccnn2C(C)C)C(C)(C)C)c1. The fourth-order valence-electron chi connectivity index (χ4n) is 2.67. The van der Waals surface area contributed by atoms with Crippen LogP contribution in [0.1, 0.15) is 40.7 Å². The molecule has 2 amide bonds. The maximum atomic E-state index is 12.4. The number of carbonyl (C=O) groups excluding carboxylic acids is 1. The van der Waals surface area contributed by atoms with E-state index in [2.05, 4.69) is 41.8 Å². The quantitative estimate of drug-likeness (QED) is 0.682. The Labute approximate surface area is 161 Å². The summed E-state index contributed by atoms with van der Waals surface area (Å²) in [5.74, 6) is 1.47. The van der Waals surface area contributed by atoms with Gasteiger partial charge < -0.3 is 15.4 Å². The highest BCUT2D eigenvalue weighted by atomic mass is 16.5. The molecule has 1 aromatic heterocycles. The molecular weight excluding hydrogens is 342 g/mol. The Morgan fingerprint density at radius 3 is 2.63 bits per heavy atom. The van der Waals surface area contributed by atoms with E-state index >= 15 is 0 Å². The third kappa shape index (κ3) is 5.91. The molecule has 1 aromatic carbocycles. The first kappa shape index (κ1) is 20.6. The summed E-state index contributed by atoms with van der Waals surface area (Å²) in [5.41, 5.74) is 0.894. The number of carbonyl (C=O) groups is 1. The third-order valence-electron chi connectivity index (χ3n) is 4.32. The molecule has 0 aliphatic carbocycles. The number of rotatable bonds is 7. The molecule has 27 heavy (non-hydrogen) atoms. The van der Waals surface area contributed by atoms with Crippen molar-refractivity contribution in [3.63, 3.8) is 0 Å². The number of urea groups is 1. The van der Waals surface area contributed by atoms with Gasteiger partial charge in [0.25, 0.3) is 0 Å². The first-order valence-corrected chi connectivity index (χ1v) is 9.19. The molecular formula is C20H31N5O2. The minimum atomic E-state index is -0.251. The van der Waals surface area contributed by atoms with Crippen LogP contribution in [0.4, 0.5) is 16.3 Å². The predicted molar refractivity (Wildman–Crippen MR) is 109 cm³/mol. The van der Waals surface area contributed by atoms with E-state index in [9.17, 15) is 4.79 Å². The molecule has 0 saturated carbocycles. The Kier molecular flexibility index (Phi) is 6.71. The van der Waals surface area contributed by atoms with Gasteiger partial charge in [-0.2, -0.15) is 5.10 Å². The molecule has 1 atom stereocenters. The number of anilines is 2. The third-order valence-corrected chi connectivity index (χ3v) is 4.32. The van der Waals surface area contributed by atoms with Gasteiger partial charge in [-0.25, -0.2) is 9.48 Å². The van der Waals surface area contributed by atoms with Gasteiger partial charge in [0.1, 0.15) is 11.6 Å². The highest BCUT2D eigenvalue weighted by molar-refractivity contribution is 5.88. The maximum absolute atomic E-state index is 12.4. The number of amides is 2. The van der Waals surface area contributed by atoms with Crippen LogP contribution in [0.15, 0.2) is 36.5 Å². The van der Waals surface area contributed by atoms with E-state index in [0.717, 1.165) is 11.4 Å². The number of nitrogens with one attached hydrogen (secondary N) is 3. The Balaban J connectivity index is 1.99. The number of ether oxygens (including phenoxy) is 1. The lowest BCUT2D eigenvalue weighted by Gasteiger charge is -2.32. The van der Waals surface area contributed by atoms with Crippen LogP contribution in [0.2, 0.25) is 0 Å². The number of aromatic nitrogens is 2. The summed E-state index contributed by atoms with van der Waals surface area (Å²) >= 11 is 0. The average molecular weight is 374 g/mol. The summed E-state index contributed by atoms with van der Waals surface area (Å²) in [4.78, 5) is 12.4. The van der Waals surface area contributed by atoms with Gasteiger partial charge in [0.2, 0.25) is 0 Å². The fraction of sp³-hybridized carbons (Fsp3) is 0.500. The van der Waals surface area contributed by atoms with Crippen LogP contribution in [0.3, 0.4) is 0 Å². The minimum Gasteiger partial charge on any atom is -0.497 e. The summed E-state index contributed by atoms with van der Waals surface area (Å²) in [6.07, 6.45) is 1.68. The first-order chi connectivity index (χ1) is 12.7. The molecule has 1 heterocycles. The highest BCUT2D eigenvalue weighted by Gasteiger charge is 2.25. The van der Waals surface area contributed by atoms with Gasteiger partial charge in [0.15, 0.2) is 0 Å². The standard InChI is InChI=1S/C20H31N5O2/c1-14(2)25-18(10-11-22-25)24-19(26)21-13-17(20(3,4)5)23-15-8-7-9-16(12-15)27-6/h7-12,14,17,23H,13H2,1-6H3,(H2,21,24,26)/t17-/m0/s1. The molecule has 0 fully saturated rings. The van der Waals surface area contributed by atoms with Gasteiger partial charge in [-0.3, -0.25) is 5.32 Å². The van der Waals surface area contributed by atoms with E-state index in [1.165, 1.54) is 0 Å². The fourth-order valence-corrected chi connectivity index (χ4v) is 2.67. The first-order valence-electron chi connectivity index (χ1n) is 9.19. The second-order valence-electron chi connectivity index (χ2n) is 7.88. The Bertz CT molecular complexity index is 749. The van der Waals surface area contributed by atoms with Crippen molar-refractivity contribution in [1.29, 1.82) is 0 Å². The van der Waals surface area contributed by atoms with Crippen molar-refractivity contribution in [3.05, 3.63) is 36.5 Å². The Morgan fingerprint density at radius 1 is 1.26 bits per heavy atom. The smallest absolute Gasteiger partial charge is 0.320 e. The number of methoxy groups -OCH3 is 1. The lowest BCUT2D eigenvalue weighted by molar-refractivity contribution is 0.248. The van der Waals surface area contributed by atoms with Crippen LogP contribution < -0.4 is 20.7 Å². The second-order valence-corrected chi connectivity index (χ2v) is 7.88. The van der Waals surface area contributed by atoms with Crippen LogP contribution in [0.25, 0.3) is 0 Å². The summed E-state index contributed by atoms with van der Waals surface area (Å²) in [6, 6.07) is 9.52. The summed E-state index contributed by atoms with van der Waals surface area (Å²) in [6.45, 7) is 10.9. The molecule has 0 spiro atoms. The van der Waals surface area contributed by atoms with Crippen LogP contribution in [0, 0.1) is 5.41 Å². The number of benzene rings is 1. The molecule has 7 nitrogen and oxygen atoms in total. The van der Waals surface area contributed by atoms with Crippen molar-refractivity contribution in [2.24, 2.45) is 5.41 Å². The molecule has 148 valence electrons. The lowest BCUT2D eigenvalue weighted by Crippen LogP contribution is -2.45. The van der Waals surface area contributed by atoms with E-state index in [1.807, 2.05) is 38.1 Å². The van der Waals surface area contributed by atoms with Gasteiger partial charge in [-0.05, 0) is 31.4 Å². The highest BCUT2D eigenvalue weighted by Crippen LogP contribution is 2.25. The number of hydrogen-bond acceptors (Lipinski definition) is 4. The topological polar surface area (TPSA) is 80.2 Å². The zero-order valence-corrected chi connectivity index (χ0v) is 17.0.